The Bertz CT molecular complexity index is 390. The van der Waals surface area contributed by atoms with Gasteiger partial charge in [0.05, 0.1) is 0 Å². The van der Waals surface area contributed by atoms with Crippen LogP contribution in [0, 0.1) is 0 Å². The van der Waals surface area contributed by atoms with Crippen molar-refractivity contribution < 1.29 is 36.2 Å². The lowest BCUT2D eigenvalue weighted by atomic mass is 10.5. The Morgan fingerprint density at radius 1 is 1.12 bits per heavy atom. The number of rotatable bonds is 0. The van der Waals surface area contributed by atoms with Gasteiger partial charge in [-0.1, -0.05) is 6.07 Å². The largest absolute Gasteiger partial charge is 0.741 e. The van der Waals surface area contributed by atoms with E-state index in [4.69, 9.17) is 13.0 Å². The zero-order valence-corrected chi connectivity index (χ0v) is 8.92. The van der Waals surface area contributed by atoms with Gasteiger partial charge < -0.3 is 10.0 Å². The van der Waals surface area contributed by atoms with Gasteiger partial charge in [0.25, 0.3) is 0 Å². The Morgan fingerprint density at radius 2 is 1.44 bits per heavy atom. The van der Waals surface area contributed by atoms with E-state index in [0.29, 0.717) is 0 Å². The second-order valence-corrected chi connectivity index (χ2v) is 3.81. The maximum Gasteiger partial charge on any atom is 0.485 e. The van der Waals surface area contributed by atoms with Gasteiger partial charge in [-0.15, -0.1) is 0 Å². The molecule has 0 aromatic carbocycles. The molecule has 0 spiro atoms. The minimum absolute atomic E-state index is 0. The summed E-state index contributed by atoms with van der Waals surface area (Å²) in [4.78, 5) is 0. The lowest BCUT2D eigenvalue weighted by molar-refractivity contribution is -0.671. The highest BCUT2D eigenvalue weighted by Crippen LogP contribution is 2.20. The van der Waals surface area contributed by atoms with E-state index in [1.807, 2.05) is 42.2 Å². The molecule has 0 bridgehead atoms. The Kier molecular flexibility index (Phi) is 6.89. The molecule has 1 aromatic heterocycles. The second kappa shape index (κ2) is 6.40. The molecule has 0 saturated heterocycles. The zero-order valence-electron chi connectivity index (χ0n) is 8.10. The zero-order chi connectivity index (χ0) is 12.1. The molecule has 9 heteroatoms. The summed E-state index contributed by atoms with van der Waals surface area (Å²) in [6.07, 6.45) is 4.00. The van der Waals surface area contributed by atoms with E-state index in [2.05, 4.69) is 0 Å². The van der Waals surface area contributed by atoms with E-state index in [9.17, 15) is 13.2 Å². The maximum absolute atomic E-state index is 10.7. The molecule has 94 valence electrons. The minimum atomic E-state index is -6.09. The van der Waals surface area contributed by atoms with Crippen molar-refractivity contribution >= 4 is 10.1 Å². The first-order valence-electron chi connectivity index (χ1n) is 3.57. The Labute approximate surface area is 90.2 Å². The Morgan fingerprint density at radius 3 is 1.56 bits per heavy atom. The van der Waals surface area contributed by atoms with Gasteiger partial charge in [0, 0.05) is 12.1 Å². The van der Waals surface area contributed by atoms with Crippen LogP contribution in [0.4, 0.5) is 13.2 Å². The first-order valence-corrected chi connectivity index (χ1v) is 4.98. The molecule has 0 saturated carbocycles. The number of hydrogen-bond donors (Lipinski definition) is 0. The highest BCUT2D eigenvalue weighted by atomic mass is 32.2. The summed E-state index contributed by atoms with van der Waals surface area (Å²) >= 11 is 0. The van der Waals surface area contributed by atoms with Crippen molar-refractivity contribution in [3.8, 4) is 0 Å². The van der Waals surface area contributed by atoms with Crippen LogP contribution >= 0.6 is 0 Å². The maximum atomic E-state index is 10.7. The standard InChI is InChI=1S/C6H8N.CHF3O3S.H2O/c1-7-5-3-2-4-6-7;2-1(3,4)8(5,6)7;/h2-6H,1H3;(H,5,6,7);1H2/q+1;;/p-1. The van der Waals surface area contributed by atoms with Gasteiger partial charge in [-0.05, 0) is 0 Å². The van der Waals surface area contributed by atoms with Gasteiger partial charge in [-0.2, -0.15) is 13.2 Å². The summed E-state index contributed by atoms with van der Waals surface area (Å²) in [7, 11) is -4.09. The third-order valence-corrected chi connectivity index (χ3v) is 1.72. The molecule has 0 amide bonds. The molecule has 2 N–H and O–H groups in total. The van der Waals surface area contributed by atoms with Gasteiger partial charge in [0.1, 0.15) is 7.05 Å². The van der Waals surface area contributed by atoms with Crippen molar-refractivity contribution in [3.63, 3.8) is 0 Å². The fourth-order valence-corrected chi connectivity index (χ4v) is 0.485. The van der Waals surface area contributed by atoms with E-state index < -0.39 is 15.6 Å². The molecule has 1 aromatic rings. The molecule has 0 fully saturated rings. The van der Waals surface area contributed by atoms with Crippen molar-refractivity contribution in [2.24, 2.45) is 7.05 Å². The normalized spacial score (nSPS) is 10.8. The lowest BCUT2D eigenvalue weighted by Gasteiger charge is -2.08. The summed E-state index contributed by atoms with van der Waals surface area (Å²) < 4.78 is 60.9. The average molecular weight is 261 g/mol. The SMILES string of the molecule is C[n+]1ccccc1.O.O=S(=O)([O-])C(F)(F)F. The van der Waals surface area contributed by atoms with Crippen molar-refractivity contribution in [2.45, 2.75) is 5.51 Å². The molecule has 5 nitrogen and oxygen atoms in total. The second-order valence-electron chi connectivity index (χ2n) is 2.44. The quantitative estimate of drug-likeness (QED) is 0.366. The predicted octanol–water partition coefficient (Wildman–Crippen LogP) is -0.262. The number of nitrogens with zero attached hydrogens (tertiary/aromatic N) is 1. The highest BCUT2D eigenvalue weighted by Gasteiger charge is 2.36. The average Bonchev–Trinajstić information content (AvgIpc) is 2.02. The molecule has 0 atom stereocenters. The van der Waals surface area contributed by atoms with Crippen LogP contribution < -0.4 is 4.57 Å². The number of pyridine rings is 1. The third kappa shape index (κ3) is 7.15. The van der Waals surface area contributed by atoms with Gasteiger partial charge in [0.2, 0.25) is 0 Å². The molecular weight excluding hydrogens is 251 g/mol. The molecule has 1 heterocycles. The van der Waals surface area contributed by atoms with E-state index in [-0.39, 0.29) is 5.48 Å². The summed E-state index contributed by atoms with van der Waals surface area (Å²) in [5.41, 5.74) is -5.65. The number of alkyl halides is 3. The van der Waals surface area contributed by atoms with Gasteiger partial charge in [-0.3, -0.25) is 0 Å². The van der Waals surface area contributed by atoms with E-state index in [0.717, 1.165) is 0 Å². The fraction of sp³-hybridized carbons (Fsp3) is 0.286. The number of aromatic nitrogens is 1. The van der Waals surface area contributed by atoms with Crippen LogP contribution in [-0.2, 0) is 17.2 Å². The Hall–Kier alpha value is -1.19. The van der Waals surface area contributed by atoms with Crippen molar-refractivity contribution in [1.29, 1.82) is 0 Å². The third-order valence-electron chi connectivity index (χ3n) is 1.15. The van der Waals surface area contributed by atoms with Crippen LogP contribution in [0.1, 0.15) is 0 Å². The first kappa shape index (κ1) is 17.2. The Balaban J connectivity index is 0. The van der Waals surface area contributed by atoms with E-state index >= 15 is 0 Å². The first-order chi connectivity index (χ1) is 6.64. The van der Waals surface area contributed by atoms with Crippen LogP contribution in [0.5, 0.6) is 0 Å². The van der Waals surface area contributed by atoms with Crippen LogP contribution in [0.25, 0.3) is 0 Å². The fourth-order valence-electron chi connectivity index (χ4n) is 0.485. The molecule has 16 heavy (non-hydrogen) atoms. The van der Waals surface area contributed by atoms with Crippen LogP contribution in [-0.4, -0.2) is 24.0 Å². The molecule has 0 aliphatic heterocycles. The van der Waals surface area contributed by atoms with Crippen LogP contribution in [0.2, 0.25) is 0 Å². The van der Waals surface area contributed by atoms with E-state index in [1.54, 1.807) is 0 Å². The summed E-state index contributed by atoms with van der Waals surface area (Å²) in [5.74, 6) is 0. The summed E-state index contributed by atoms with van der Waals surface area (Å²) in [6.45, 7) is 0. The highest BCUT2D eigenvalue weighted by molar-refractivity contribution is 7.86. The van der Waals surface area contributed by atoms with Crippen molar-refractivity contribution in [1.82, 2.24) is 0 Å². The number of hydrogen-bond acceptors (Lipinski definition) is 3. The van der Waals surface area contributed by atoms with Crippen molar-refractivity contribution in [3.05, 3.63) is 30.6 Å². The smallest absolute Gasteiger partial charge is 0.485 e. The number of aryl methyl sites for hydroxylation is 1. The van der Waals surface area contributed by atoms with Gasteiger partial charge in [0.15, 0.2) is 22.5 Å². The lowest BCUT2D eigenvalue weighted by Crippen LogP contribution is -2.25. The topological polar surface area (TPSA) is 92.6 Å². The molecule has 0 aliphatic rings. The minimum Gasteiger partial charge on any atom is -0.741 e. The van der Waals surface area contributed by atoms with Crippen molar-refractivity contribution in [2.75, 3.05) is 0 Å². The van der Waals surface area contributed by atoms with Gasteiger partial charge in [-0.25, -0.2) is 13.0 Å². The van der Waals surface area contributed by atoms with Crippen LogP contribution in [0.15, 0.2) is 30.6 Å². The van der Waals surface area contributed by atoms with Crippen LogP contribution in [0.3, 0.4) is 0 Å². The number of halogens is 3. The molecule has 1 rings (SSSR count). The molecule has 0 aliphatic carbocycles. The monoisotopic (exact) mass is 261 g/mol. The molecule has 0 radical (unpaired) electrons. The van der Waals surface area contributed by atoms with Gasteiger partial charge >= 0.3 is 5.51 Å². The summed E-state index contributed by atoms with van der Waals surface area (Å²) in [6, 6.07) is 6.00. The molecule has 0 unspecified atom stereocenters. The van der Waals surface area contributed by atoms with E-state index in [1.165, 1.54) is 0 Å². The summed E-state index contributed by atoms with van der Waals surface area (Å²) in [5, 5.41) is 0. The molecular formula is C7H10F3NO4S. The predicted molar refractivity (Wildman–Crippen MR) is 47.0 cm³/mol.